The van der Waals surface area contributed by atoms with Crippen LogP contribution in [0.4, 0.5) is 14.5 Å². The lowest BCUT2D eigenvalue weighted by molar-refractivity contribution is 0.235. The third-order valence-corrected chi connectivity index (χ3v) is 5.96. The molecule has 6 heteroatoms. The lowest BCUT2D eigenvalue weighted by Crippen LogP contribution is -2.26. The Balaban J connectivity index is 2.26. The van der Waals surface area contributed by atoms with E-state index in [-0.39, 0.29) is 16.6 Å². The van der Waals surface area contributed by atoms with Crippen LogP contribution in [-0.2, 0) is 9.84 Å². The Morgan fingerprint density at radius 1 is 1.29 bits per heavy atom. The van der Waals surface area contributed by atoms with Crippen molar-refractivity contribution in [2.75, 3.05) is 5.32 Å². The number of halogens is 2. The summed E-state index contributed by atoms with van der Waals surface area (Å²) in [6.07, 6.45) is 3.10. The van der Waals surface area contributed by atoms with Gasteiger partial charge in [-0.15, -0.1) is 0 Å². The summed E-state index contributed by atoms with van der Waals surface area (Å²) in [7, 11) is -4.58. The van der Waals surface area contributed by atoms with Gasteiger partial charge in [0.05, 0.1) is 10.6 Å². The first-order valence-electron chi connectivity index (χ1n) is 7.25. The normalized spacial score (nSPS) is 26.2. The minimum Gasteiger partial charge on any atom is -0.381 e. The van der Waals surface area contributed by atoms with Crippen LogP contribution in [0.5, 0.6) is 0 Å². The van der Waals surface area contributed by atoms with Crippen LogP contribution in [-0.4, -0.2) is 20.2 Å². The number of nitrogens with one attached hydrogen (secondary N) is 1. The molecule has 0 amide bonds. The maximum atomic E-state index is 12.8. The molecule has 0 bridgehead atoms. The van der Waals surface area contributed by atoms with Gasteiger partial charge in [-0.1, -0.05) is 32.4 Å². The van der Waals surface area contributed by atoms with Crippen molar-refractivity contribution in [1.82, 2.24) is 0 Å². The molecule has 3 unspecified atom stereocenters. The van der Waals surface area contributed by atoms with Gasteiger partial charge in [-0.05, 0) is 36.8 Å². The van der Waals surface area contributed by atoms with Gasteiger partial charge in [0, 0.05) is 6.04 Å². The van der Waals surface area contributed by atoms with Crippen LogP contribution < -0.4 is 5.32 Å². The molecule has 1 aliphatic rings. The van der Waals surface area contributed by atoms with Crippen molar-refractivity contribution < 1.29 is 17.2 Å². The molecule has 21 heavy (non-hydrogen) atoms. The van der Waals surface area contributed by atoms with E-state index < -0.39 is 15.6 Å². The number of hydrogen-bond acceptors (Lipinski definition) is 3. The van der Waals surface area contributed by atoms with E-state index >= 15 is 0 Å². The molecule has 1 aromatic carbocycles. The highest BCUT2D eigenvalue weighted by Gasteiger charge is 2.34. The highest BCUT2D eigenvalue weighted by Crippen LogP contribution is 2.37. The van der Waals surface area contributed by atoms with Crippen molar-refractivity contribution in [3.05, 3.63) is 24.3 Å². The Morgan fingerprint density at radius 3 is 2.52 bits per heavy atom. The van der Waals surface area contributed by atoms with Crippen molar-refractivity contribution in [2.24, 2.45) is 11.8 Å². The van der Waals surface area contributed by atoms with Crippen molar-refractivity contribution in [3.8, 4) is 0 Å². The maximum absolute atomic E-state index is 12.8. The zero-order valence-corrected chi connectivity index (χ0v) is 13.0. The highest BCUT2D eigenvalue weighted by molar-refractivity contribution is 7.91. The fraction of sp³-hybridized carbons (Fsp3) is 0.600. The molecular weight excluding hydrogens is 296 g/mol. The number of hydrogen-bond donors (Lipinski definition) is 1. The average Bonchev–Trinajstić information content (AvgIpc) is 2.80. The summed E-state index contributed by atoms with van der Waals surface area (Å²) in [6, 6.07) is 6.04. The number of alkyl halides is 2. The molecule has 0 radical (unpaired) electrons. The van der Waals surface area contributed by atoms with Gasteiger partial charge in [0.1, 0.15) is 0 Å². The Labute approximate surface area is 124 Å². The summed E-state index contributed by atoms with van der Waals surface area (Å²) < 4.78 is 49.0. The minimum atomic E-state index is -4.58. The third-order valence-electron chi connectivity index (χ3n) is 4.52. The molecule has 0 aromatic heterocycles. The smallest absolute Gasteiger partial charge is 0.341 e. The van der Waals surface area contributed by atoms with Gasteiger partial charge in [-0.25, -0.2) is 8.42 Å². The largest absolute Gasteiger partial charge is 0.381 e. The Hall–Kier alpha value is -1.17. The Bertz CT molecular complexity index is 589. The zero-order chi connectivity index (χ0) is 15.6. The van der Waals surface area contributed by atoms with E-state index in [0.717, 1.165) is 19.3 Å². The second kappa shape index (κ2) is 6.30. The molecule has 0 heterocycles. The van der Waals surface area contributed by atoms with Gasteiger partial charge in [0.15, 0.2) is 0 Å². The molecule has 1 N–H and O–H groups in total. The molecule has 0 spiro atoms. The lowest BCUT2D eigenvalue weighted by Gasteiger charge is -2.23. The van der Waals surface area contributed by atoms with Crippen LogP contribution in [0.2, 0.25) is 0 Å². The van der Waals surface area contributed by atoms with Gasteiger partial charge < -0.3 is 5.32 Å². The molecule has 1 fully saturated rings. The average molecular weight is 317 g/mol. The van der Waals surface area contributed by atoms with E-state index in [0.29, 0.717) is 11.8 Å². The monoisotopic (exact) mass is 317 g/mol. The molecule has 1 saturated carbocycles. The van der Waals surface area contributed by atoms with E-state index in [4.69, 9.17) is 0 Å². The van der Waals surface area contributed by atoms with Gasteiger partial charge in [0.25, 0.3) is 0 Å². The molecule has 0 saturated heterocycles. The summed E-state index contributed by atoms with van der Waals surface area (Å²) in [5.74, 6) is -2.40. The fourth-order valence-electron chi connectivity index (χ4n) is 3.16. The summed E-state index contributed by atoms with van der Waals surface area (Å²) in [5, 5.41) is 3.17. The lowest BCUT2D eigenvalue weighted by atomic mass is 9.93. The first-order valence-corrected chi connectivity index (χ1v) is 8.80. The SMILES string of the molecule is CCC1CCC(Nc2ccccc2S(=O)(=O)C(F)F)C1C. The van der Waals surface area contributed by atoms with Crippen molar-refractivity contribution >= 4 is 15.5 Å². The predicted octanol–water partition coefficient (Wildman–Crippen LogP) is 3.92. The number of para-hydroxylation sites is 1. The van der Waals surface area contributed by atoms with E-state index in [1.54, 1.807) is 12.1 Å². The summed E-state index contributed by atoms with van der Waals surface area (Å²) in [5.41, 5.74) is 0.284. The predicted molar refractivity (Wildman–Crippen MR) is 79.2 cm³/mol. The molecule has 0 aliphatic heterocycles. The van der Waals surface area contributed by atoms with Crippen molar-refractivity contribution in [3.63, 3.8) is 0 Å². The third kappa shape index (κ3) is 3.20. The molecular formula is C15H21F2NO2S. The molecule has 118 valence electrons. The number of benzene rings is 1. The second-order valence-electron chi connectivity index (χ2n) is 5.66. The van der Waals surface area contributed by atoms with Crippen LogP contribution in [0.15, 0.2) is 29.2 Å². The van der Waals surface area contributed by atoms with E-state index in [9.17, 15) is 17.2 Å². The number of sulfone groups is 1. The zero-order valence-electron chi connectivity index (χ0n) is 12.2. The molecule has 1 aromatic rings. The highest BCUT2D eigenvalue weighted by atomic mass is 32.2. The number of anilines is 1. The van der Waals surface area contributed by atoms with E-state index in [1.807, 2.05) is 0 Å². The molecule has 1 aliphatic carbocycles. The molecule has 2 rings (SSSR count). The first-order chi connectivity index (χ1) is 9.87. The fourth-order valence-corrected chi connectivity index (χ4v) is 4.05. The van der Waals surface area contributed by atoms with Crippen LogP contribution in [0.3, 0.4) is 0 Å². The maximum Gasteiger partial charge on any atom is 0.341 e. The van der Waals surface area contributed by atoms with Gasteiger partial charge in [-0.2, -0.15) is 8.78 Å². The van der Waals surface area contributed by atoms with E-state index in [2.05, 4.69) is 19.2 Å². The van der Waals surface area contributed by atoms with Gasteiger partial charge >= 0.3 is 5.76 Å². The van der Waals surface area contributed by atoms with Crippen molar-refractivity contribution in [1.29, 1.82) is 0 Å². The Morgan fingerprint density at radius 2 is 1.95 bits per heavy atom. The summed E-state index contributed by atoms with van der Waals surface area (Å²) in [6.45, 7) is 4.27. The van der Waals surface area contributed by atoms with Crippen LogP contribution in [0, 0.1) is 11.8 Å². The van der Waals surface area contributed by atoms with Crippen LogP contribution in [0.1, 0.15) is 33.1 Å². The second-order valence-corrected chi connectivity index (χ2v) is 7.54. The van der Waals surface area contributed by atoms with Gasteiger partial charge in [-0.3, -0.25) is 0 Å². The van der Waals surface area contributed by atoms with Gasteiger partial charge in [0.2, 0.25) is 9.84 Å². The first kappa shape index (κ1) is 16.2. The molecule has 3 atom stereocenters. The summed E-state index contributed by atoms with van der Waals surface area (Å²) in [4.78, 5) is -0.313. The Kier molecular flexibility index (Phi) is 4.86. The minimum absolute atomic E-state index is 0.129. The van der Waals surface area contributed by atoms with Crippen molar-refractivity contribution in [2.45, 2.75) is 49.8 Å². The van der Waals surface area contributed by atoms with Crippen LogP contribution in [0.25, 0.3) is 0 Å². The van der Waals surface area contributed by atoms with Crippen LogP contribution >= 0.6 is 0 Å². The standard InChI is InChI=1S/C15H21F2NO2S/c1-3-11-8-9-12(10(11)2)18-13-6-4-5-7-14(13)21(19,20)15(16)17/h4-7,10-12,15,18H,3,8-9H2,1-2H3. The van der Waals surface area contributed by atoms with E-state index in [1.165, 1.54) is 12.1 Å². The summed E-state index contributed by atoms with van der Waals surface area (Å²) >= 11 is 0. The number of rotatable bonds is 5. The quantitative estimate of drug-likeness (QED) is 0.895. The molecule has 3 nitrogen and oxygen atoms in total. The topological polar surface area (TPSA) is 46.2 Å².